The first kappa shape index (κ1) is 31.1. The largest absolute Gasteiger partial charge is 0.406 e. The van der Waals surface area contributed by atoms with Crippen LogP contribution in [0.4, 0.5) is 23.2 Å². The Hall–Kier alpha value is -3.44. The molecule has 1 aromatic carbocycles. The number of likely N-dealkylation sites (N-methyl/N-ethyl adjacent to an activating group) is 1. The molecule has 0 spiro atoms. The predicted molar refractivity (Wildman–Crippen MR) is 142 cm³/mol. The van der Waals surface area contributed by atoms with Gasteiger partial charge in [-0.15, -0.1) is 0 Å². The Kier molecular flexibility index (Phi) is 10.7. The average Bonchev–Trinajstić information content (AvgIpc) is 3.24. The van der Waals surface area contributed by atoms with Crippen LogP contribution in [0.2, 0.25) is 0 Å². The third kappa shape index (κ3) is 8.04. The van der Waals surface area contributed by atoms with Crippen molar-refractivity contribution in [2.45, 2.75) is 84.0 Å². The van der Waals surface area contributed by atoms with Crippen LogP contribution in [0.3, 0.4) is 0 Å². The van der Waals surface area contributed by atoms with Gasteiger partial charge in [-0.25, -0.2) is 4.39 Å². The Balaban J connectivity index is 1.78. The van der Waals surface area contributed by atoms with Crippen molar-refractivity contribution in [3.63, 3.8) is 0 Å². The van der Waals surface area contributed by atoms with E-state index in [1.165, 1.54) is 36.9 Å². The van der Waals surface area contributed by atoms with Crippen molar-refractivity contribution < 1.29 is 31.9 Å². The standard InChI is InChI=1S/C28H37F4N5O3/c1-4-36(17-28(30,31)32)27(40)18(3)20-12-13-22(21(29)16-20)34-26(39)24(19-10-8-6-7-9-11-19)35-25(38)23-14-15-33-37(23)5-2/h12-16,18-19,24H,4-11,17H2,1-3H3,(H,34,39)(H,35,38). The van der Waals surface area contributed by atoms with Crippen LogP contribution >= 0.6 is 0 Å². The average molecular weight is 568 g/mol. The highest BCUT2D eigenvalue weighted by molar-refractivity contribution is 6.00. The molecule has 220 valence electrons. The topological polar surface area (TPSA) is 96.3 Å². The summed E-state index contributed by atoms with van der Waals surface area (Å²) in [6.07, 6.45) is 2.32. The van der Waals surface area contributed by atoms with Crippen molar-refractivity contribution in [1.82, 2.24) is 20.0 Å². The number of hydrogen-bond acceptors (Lipinski definition) is 4. The molecule has 1 aromatic heterocycles. The Bertz CT molecular complexity index is 1170. The molecule has 12 heteroatoms. The molecule has 1 heterocycles. The first-order valence-corrected chi connectivity index (χ1v) is 13.7. The zero-order valence-electron chi connectivity index (χ0n) is 23.1. The third-order valence-electron chi connectivity index (χ3n) is 7.37. The van der Waals surface area contributed by atoms with Crippen molar-refractivity contribution >= 4 is 23.4 Å². The van der Waals surface area contributed by atoms with E-state index in [4.69, 9.17) is 0 Å². The zero-order valence-corrected chi connectivity index (χ0v) is 23.1. The van der Waals surface area contributed by atoms with Crippen LogP contribution in [-0.2, 0) is 16.1 Å². The number of aryl methyl sites for hydroxylation is 1. The number of carbonyl (C=O) groups is 3. The molecule has 8 nitrogen and oxygen atoms in total. The Morgan fingerprint density at radius 3 is 2.35 bits per heavy atom. The van der Waals surface area contributed by atoms with Crippen LogP contribution in [0, 0.1) is 11.7 Å². The van der Waals surface area contributed by atoms with Gasteiger partial charge in [0.25, 0.3) is 5.91 Å². The second-order valence-electron chi connectivity index (χ2n) is 10.2. The normalized spacial score (nSPS) is 16.1. The molecule has 1 aliphatic carbocycles. The van der Waals surface area contributed by atoms with Gasteiger partial charge < -0.3 is 15.5 Å². The van der Waals surface area contributed by atoms with Crippen molar-refractivity contribution in [3.05, 3.63) is 47.5 Å². The van der Waals surface area contributed by atoms with E-state index in [1.54, 1.807) is 6.07 Å². The number of benzene rings is 1. The number of carbonyl (C=O) groups excluding carboxylic acids is 3. The smallest absolute Gasteiger partial charge is 0.339 e. The molecule has 0 saturated heterocycles. The number of rotatable bonds is 10. The second-order valence-corrected chi connectivity index (χ2v) is 10.2. The summed E-state index contributed by atoms with van der Waals surface area (Å²) in [6, 6.07) is 4.38. The van der Waals surface area contributed by atoms with E-state index < -0.39 is 48.2 Å². The van der Waals surface area contributed by atoms with E-state index in [2.05, 4.69) is 15.7 Å². The second kappa shape index (κ2) is 13.8. The first-order valence-electron chi connectivity index (χ1n) is 13.7. The number of nitrogens with zero attached hydrogens (tertiary/aromatic N) is 3. The highest BCUT2D eigenvalue weighted by Gasteiger charge is 2.35. The highest BCUT2D eigenvalue weighted by Crippen LogP contribution is 2.28. The van der Waals surface area contributed by atoms with E-state index in [-0.39, 0.29) is 23.7 Å². The third-order valence-corrected chi connectivity index (χ3v) is 7.37. The van der Waals surface area contributed by atoms with Gasteiger partial charge in [-0.3, -0.25) is 19.1 Å². The maximum absolute atomic E-state index is 15.1. The fourth-order valence-corrected chi connectivity index (χ4v) is 5.13. The Morgan fingerprint density at radius 2 is 1.77 bits per heavy atom. The summed E-state index contributed by atoms with van der Waals surface area (Å²) < 4.78 is 55.2. The summed E-state index contributed by atoms with van der Waals surface area (Å²) in [7, 11) is 0. The number of hydrogen-bond donors (Lipinski definition) is 2. The Morgan fingerprint density at radius 1 is 1.10 bits per heavy atom. The number of alkyl halides is 3. The molecule has 3 amide bonds. The van der Waals surface area contributed by atoms with E-state index >= 15 is 4.39 Å². The van der Waals surface area contributed by atoms with Crippen LogP contribution in [0.15, 0.2) is 30.5 Å². The summed E-state index contributed by atoms with van der Waals surface area (Å²) in [5, 5.41) is 9.52. The van der Waals surface area contributed by atoms with Gasteiger partial charge in [-0.1, -0.05) is 31.7 Å². The van der Waals surface area contributed by atoms with E-state index in [1.807, 2.05) is 6.92 Å². The van der Waals surface area contributed by atoms with Crippen molar-refractivity contribution in [1.29, 1.82) is 0 Å². The van der Waals surface area contributed by atoms with E-state index in [0.29, 0.717) is 17.1 Å². The van der Waals surface area contributed by atoms with Gasteiger partial charge in [0.2, 0.25) is 11.8 Å². The quantitative estimate of drug-likeness (QED) is 0.302. The fraction of sp³-hybridized carbons (Fsp3) is 0.571. The van der Waals surface area contributed by atoms with E-state index in [0.717, 1.165) is 44.6 Å². The van der Waals surface area contributed by atoms with Gasteiger partial charge in [0, 0.05) is 19.3 Å². The van der Waals surface area contributed by atoms with Crippen LogP contribution < -0.4 is 10.6 Å². The molecule has 1 fully saturated rings. The van der Waals surface area contributed by atoms with Crippen LogP contribution in [0.1, 0.15) is 81.3 Å². The maximum atomic E-state index is 15.1. The molecule has 1 saturated carbocycles. The minimum absolute atomic E-state index is 0.141. The summed E-state index contributed by atoms with van der Waals surface area (Å²) >= 11 is 0. The molecule has 0 aliphatic heterocycles. The lowest BCUT2D eigenvalue weighted by Crippen LogP contribution is -2.49. The monoisotopic (exact) mass is 567 g/mol. The number of aromatic nitrogens is 2. The van der Waals surface area contributed by atoms with Crippen molar-refractivity contribution in [2.75, 3.05) is 18.4 Å². The molecule has 3 rings (SSSR count). The van der Waals surface area contributed by atoms with E-state index in [9.17, 15) is 27.6 Å². The number of halogens is 4. The summed E-state index contributed by atoms with van der Waals surface area (Å²) in [6.45, 7) is 3.63. The van der Waals surface area contributed by atoms with Gasteiger partial charge in [0.1, 0.15) is 24.1 Å². The highest BCUT2D eigenvalue weighted by atomic mass is 19.4. The lowest BCUT2D eigenvalue weighted by Gasteiger charge is -2.27. The molecule has 2 aromatic rings. The summed E-state index contributed by atoms with van der Waals surface area (Å²) in [4.78, 5) is 39.8. The van der Waals surface area contributed by atoms with Gasteiger partial charge in [0.05, 0.1) is 11.6 Å². The molecule has 1 aliphatic rings. The lowest BCUT2D eigenvalue weighted by molar-refractivity contribution is -0.161. The lowest BCUT2D eigenvalue weighted by atomic mass is 9.90. The first-order chi connectivity index (χ1) is 18.9. The zero-order chi connectivity index (χ0) is 29.4. The summed E-state index contributed by atoms with van der Waals surface area (Å²) in [5.74, 6) is -3.80. The van der Waals surface area contributed by atoms with Gasteiger partial charge in [-0.05, 0) is 63.3 Å². The predicted octanol–water partition coefficient (Wildman–Crippen LogP) is 5.26. The van der Waals surface area contributed by atoms with Crippen LogP contribution in [0.5, 0.6) is 0 Å². The molecule has 0 radical (unpaired) electrons. The molecule has 2 unspecified atom stereocenters. The number of nitrogens with one attached hydrogen (secondary N) is 2. The fourth-order valence-electron chi connectivity index (χ4n) is 5.13. The van der Waals surface area contributed by atoms with Crippen LogP contribution in [0.25, 0.3) is 0 Å². The molecule has 2 N–H and O–H groups in total. The molecular weight excluding hydrogens is 530 g/mol. The minimum Gasteiger partial charge on any atom is -0.339 e. The van der Waals surface area contributed by atoms with Gasteiger partial charge >= 0.3 is 6.18 Å². The molecular formula is C28H37F4N5O3. The number of amides is 3. The number of anilines is 1. The maximum Gasteiger partial charge on any atom is 0.406 e. The summed E-state index contributed by atoms with van der Waals surface area (Å²) in [5.41, 5.74) is 0.347. The SMILES string of the molecule is CCN(CC(F)(F)F)C(=O)C(C)c1ccc(NC(=O)C(NC(=O)c2ccnn2CC)C2CCCCCC2)c(F)c1. The van der Waals surface area contributed by atoms with Gasteiger partial charge in [0.15, 0.2) is 0 Å². The van der Waals surface area contributed by atoms with Crippen molar-refractivity contribution in [3.8, 4) is 0 Å². The van der Waals surface area contributed by atoms with Crippen molar-refractivity contribution in [2.24, 2.45) is 5.92 Å². The molecule has 2 atom stereocenters. The minimum atomic E-state index is -4.55. The van der Waals surface area contributed by atoms with Gasteiger partial charge in [-0.2, -0.15) is 18.3 Å². The Labute approximate surface area is 231 Å². The molecule has 0 bridgehead atoms. The molecule has 40 heavy (non-hydrogen) atoms. The van der Waals surface area contributed by atoms with Crippen LogP contribution in [-0.4, -0.2) is 57.7 Å².